The number of rotatable bonds is 8. The van der Waals surface area contributed by atoms with E-state index in [9.17, 15) is 4.79 Å². The van der Waals surface area contributed by atoms with Gasteiger partial charge in [-0.2, -0.15) is 0 Å². The Morgan fingerprint density at radius 2 is 1.88 bits per heavy atom. The van der Waals surface area contributed by atoms with E-state index in [2.05, 4.69) is 59.5 Å². The van der Waals surface area contributed by atoms with E-state index in [0.717, 1.165) is 53.1 Å². The van der Waals surface area contributed by atoms with Crippen LogP contribution in [0.15, 0.2) is 85.3 Å². The number of hydrogen-bond donors (Lipinski definition) is 1. The molecule has 1 atom stereocenters. The van der Waals surface area contributed by atoms with Crippen LogP contribution in [-0.2, 0) is 35.4 Å². The standard InChI is InChI=1S/C33H34N4O3.ClH/c1-4-15-37-23(3)22(2)27-18-29(34-32(31(27)37)36-16-14-25-12-8-9-13-26(25)19-36)33(38)35-28(30-20-39-21-40-30)17-24-10-6-5-7-11-24;/h4-13,18,20,28H,1,14-17,19,21H2,2-3H3,(H,35,38);1H. The smallest absolute Gasteiger partial charge is 0.270 e. The Labute approximate surface area is 246 Å². The fraction of sp³-hybridized carbons (Fsp3) is 0.273. The predicted molar refractivity (Wildman–Crippen MR) is 164 cm³/mol. The molecular formula is C33H35ClN4O3. The van der Waals surface area contributed by atoms with Crippen LogP contribution in [0.4, 0.5) is 5.82 Å². The van der Waals surface area contributed by atoms with Crippen molar-refractivity contribution in [1.29, 1.82) is 0 Å². The maximum atomic E-state index is 13.9. The molecule has 0 saturated carbocycles. The molecule has 6 rings (SSSR count). The predicted octanol–water partition coefficient (Wildman–Crippen LogP) is 6.01. The lowest BCUT2D eigenvalue weighted by atomic mass is 9.99. The molecule has 1 N–H and O–H groups in total. The first kappa shape index (κ1) is 28.3. The average Bonchev–Trinajstić information content (AvgIpc) is 3.61. The Bertz CT molecular complexity index is 1610. The average molecular weight is 571 g/mol. The highest BCUT2D eigenvalue weighted by molar-refractivity contribution is 6.01. The van der Waals surface area contributed by atoms with Gasteiger partial charge < -0.3 is 24.3 Å². The van der Waals surface area contributed by atoms with Crippen molar-refractivity contribution in [3.05, 3.63) is 119 Å². The molecule has 2 aromatic carbocycles. The Hall–Kier alpha value is -4.23. The second kappa shape index (κ2) is 12.1. The second-order valence-electron chi connectivity index (χ2n) is 10.4. The number of nitrogens with zero attached hydrogens (tertiary/aromatic N) is 3. The minimum atomic E-state index is -0.381. The third-order valence-corrected chi connectivity index (χ3v) is 7.99. The summed E-state index contributed by atoms with van der Waals surface area (Å²) in [7, 11) is 0. The molecule has 7 nitrogen and oxygen atoms in total. The van der Waals surface area contributed by atoms with Crippen molar-refractivity contribution in [3.8, 4) is 0 Å². The number of pyridine rings is 1. The van der Waals surface area contributed by atoms with Gasteiger partial charge in [0, 0.05) is 37.1 Å². The number of benzene rings is 2. The zero-order valence-corrected chi connectivity index (χ0v) is 24.2. The lowest BCUT2D eigenvalue weighted by Gasteiger charge is -2.31. The quantitative estimate of drug-likeness (QED) is 0.263. The van der Waals surface area contributed by atoms with E-state index in [1.807, 2.05) is 42.5 Å². The number of aryl methyl sites for hydroxylation is 1. The minimum absolute atomic E-state index is 0. The highest BCUT2D eigenvalue weighted by atomic mass is 35.5. The Morgan fingerprint density at radius 3 is 2.61 bits per heavy atom. The maximum Gasteiger partial charge on any atom is 0.270 e. The van der Waals surface area contributed by atoms with Crippen molar-refractivity contribution in [1.82, 2.24) is 14.9 Å². The van der Waals surface area contributed by atoms with Crippen molar-refractivity contribution >= 4 is 35.0 Å². The normalized spacial score (nSPS) is 14.8. The number of fused-ring (bicyclic) bond motifs is 2. The van der Waals surface area contributed by atoms with Crippen molar-refractivity contribution < 1.29 is 14.3 Å². The molecule has 4 heterocycles. The summed E-state index contributed by atoms with van der Waals surface area (Å²) in [6, 6.07) is 20.2. The van der Waals surface area contributed by atoms with Crippen molar-refractivity contribution in [2.24, 2.45) is 0 Å². The third kappa shape index (κ3) is 5.55. The van der Waals surface area contributed by atoms with E-state index in [-0.39, 0.29) is 31.1 Å². The van der Waals surface area contributed by atoms with Crippen molar-refractivity contribution in [2.75, 3.05) is 18.2 Å². The number of nitrogens with one attached hydrogen (secondary N) is 1. The van der Waals surface area contributed by atoms with Crippen LogP contribution in [0.3, 0.4) is 0 Å². The van der Waals surface area contributed by atoms with Gasteiger partial charge >= 0.3 is 0 Å². The summed E-state index contributed by atoms with van der Waals surface area (Å²) < 4.78 is 13.3. The van der Waals surface area contributed by atoms with Crippen molar-refractivity contribution in [2.45, 2.75) is 45.8 Å². The van der Waals surface area contributed by atoms with Crippen molar-refractivity contribution in [3.63, 3.8) is 0 Å². The van der Waals surface area contributed by atoms with Crippen LogP contribution < -0.4 is 10.2 Å². The molecule has 1 amide bonds. The zero-order valence-electron chi connectivity index (χ0n) is 23.4. The van der Waals surface area contributed by atoms with Gasteiger partial charge in [0.25, 0.3) is 5.91 Å². The molecular weight excluding hydrogens is 536 g/mol. The van der Waals surface area contributed by atoms with Gasteiger partial charge in [-0.3, -0.25) is 4.79 Å². The molecule has 8 heteroatoms. The highest BCUT2D eigenvalue weighted by Gasteiger charge is 2.28. The molecule has 0 bridgehead atoms. The van der Waals surface area contributed by atoms with Gasteiger partial charge in [0.1, 0.15) is 12.0 Å². The number of allylic oxidation sites excluding steroid dienone is 1. The van der Waals surface area contributed by atoms with E-state index in [0.29, 0.717) is 24.4 Å². The van der Waals surface area contributed by atoms with E-state index >= 15 is 0 Å². The summed E-state index contributed by atoms with van der Waals surface area (Å²) >= 11 is 0. The fourth-order valence-corrected chi connectivity index (χ4v) is 5.75. The molecule has 1 unspecified atom stereocenters. The van der Waals surface area contributed by atoms with E-state index in [1.165, 1.54) is 11.1 Å². The van der Waals surface area contributed by atoms with Crippen LogP contribution in [0.25, 0.3) is 10.9 Å². The van der Waals surface area contributed by atoms with E-state index in [1.54, 1.807) is 6.26 Å². The molecule has 0 saturated heterocycles. The lowest BCUT2D eigenvalue weighted by molar-refractivity contribution is 0.0705. The molecule has 2 aromatic heterocycles. The van der Waals surface area contributed by atoms with Gasteiger partial charge in [0.05, 0.1) is 11.6 Å². The summed E-state index contributed by atoms with van der Waals surface area (Å²) in [5.41, 5.74) is 7.48. The van der Waals surface area contributed by atoms with Gasteiger partial charge in [-0.15, -0.1) is 19.0 Å². The van der Waals surface area contributed by atoms with Gasteiger partial charge in [-0.05, 0) is 48.6 Å². The number of amides is 1. The molecule has 212 valence electrons. The Balaban J connectivity index is 0.00000337. The van der Waals surface area contributed by atoms with Crippen LogP contribution in [0.1, 0.15) is 38.4 Å². The molecule has 41 heavy (non-hydrogen) atoms. The van der Waals surface area contributed by atoms with Gasteiger partial charge in [-0.25, -0.2) is 4.98 Å². The largest absolute Gasteiger partial charge is 0.462 e. The number of ether oxygens (including phenoxy) is 2. The molecule has 0 spiro atoms. The third-order valence-electron chi connectivity index (χ3n) is 7.99. The first-order valence-electron chi connectivity index (χ1n) is 13.8. The van der Waals surface area contributed by atoms with Gasteiger partial charge in [-0.1, -0.05) is 60.7 Å². The zero-order chi connectivity index (χ0) is 27.6. The summed E-state index contributed by atoms with van der Waals surface area (Å²) in [5, 5.41) is 4.22. The number of carbonyl (C=O) groups excluding carboxylic acids is 1. The first-order valence-corrected chi connectivity index (χ1v) is 13.8. The molecule has 0 fully saturated rings. The number of halogens is 1. The van der Waals surface area contributed by atoms with Crippen LogP contribution in [-0.4, -0.2) is 34.8 Å². The monoisotopic (exact) mass is 570 g/mol. The SMILES string of the molecule is C=CCn1c(C)c(C)c2cc(C(=O)NC(Cc3ccccc3)C3=COCO3)nc(N3CCc4ccccc4C3)c21.Cl. The number of anilines is 1. The van der Waals surface area contributed by atoms with E-state index in [4.69, 9.17) is 14.5 Å². The summed E-state index contributed by atoms with van der Waals surface area (Å²) in [6.45, 7) is 10.6. The van der Waals surface area contributed by atoms with Crippen LogP contribution in [0.5, 0.6) is 0 Å². The number of carbonyl (C=O) groups is 1. The van der Waals surface area contributed by atoms with Crippen LogP contribution >= 0.6 is 12.4 Å². The topological polar surface area (TPSA) is 68.6 Å². The molecule has 4 aromatic rings. The Morgan fingerprint density at radius 1 is 1.12 bits per heavy atom. The lowest BCUT2D eigenvalue weighted by Crippen LogP contribution is -2.39. The first-order chi connectivity index (χ1) is 19.5. The highest BCUT2D eigenvalue weighted by Crippen LogP contribution is 2.35. The molecule has 2 aliphatic rings. The minimum Gasteiger partial charge on any atom is -0.462 e. The van der Waals surface area contributed by atoms with E-state index < -0.39 is 0 Å². The summed E-state index contributed by atoms with van der Waals surface area (Å²) in [5.74, 6) is 1.19. The fourth-order valence-electron chi connectivity index (χ4n) is 5.75. The summed E-state index contributed by atoms with van der Waals surface area (Å²) in [6.07, 6.45) is 5.01. The Kier molecular flexibility index (Phi) is 8.36. The maximum absolute atomic E-state index is 13.9. The van der Waals surface area contributed by atoms with Gasteiger partial charge in [0.15, 0.2) is 11.6 Å². The number of aromatic nitrogens is 2. The number of hydrogen-bond acceptors (Lipinski definition) is 5. The molecule has 2 aliphatic heterocycles. The van der Waals surface area contributed by atoms with Gasteiger partial charge in [0.2, 0.25) is 6.79 Å². The summed E-state index contributed by atoms with van der Waals surface area (Å²) in [4.78, 5) is 21.2. The van der Waals surface area contributed by atoms with Crippen LogP contribution in [0.2, 0.25) is 0 Å². The molecule has 0 aliphatic carbocycles. The molecule has 0 radical (unpaired) electrons. The van der Waals surface area contributed by atoms with Crippen LogP contribution in [0, 0.1) is 13.8 Å². The second-order valence-corrected chi connectivity index (χ2v) is 10.4.